The Hall–Kier alpha value is -3.46. The van der Waals surface area contributed by atoms with Crippen molar-refractivity contribution in [3.05, 3.63) is 65.5 Å². The van der Waals surface area contributed by atoms with Crippen LogP contribution in [0.2, 0.25) is 0 Å². The van der Waals surface area contributed by atoms with Crippen molar-refractivity contribution in [1.82, 2.24) is 15.1 Å². The summed E-state index contributed by atoms with van der Waals surface area (Å²) < 4.78 is 24.5. The molecule has 0 spiro atoms. The minimum Gasteiger partial charge on any atom is -0.480 e. The summed E-state index contributed by atoms with van der Waals surface area (Å²) >= 11 is 0. The number of hydrogen-bond acceptors (Lipinski definition) is 5. The Morgan fingerprint density at radius 3 is 2.56 bits per heavy atom. The lowest BCUT2D eigenvalue weighted by atomic mass is 9.74. The molecular formula is C27H30FN3O5. The van der Waals surface area contributed by atoms with Crippen molar-refractivity contribution < 1.29 is 28.2 Å². The van der Waals surface area contributed by atoms with Crippen LogP contribution in [-0.4, -0.2) is 72.6 Å². The number of carbonyl (C=O) groups is 3. The number of ether oxygens (including phenoxy) is 2. The molecule has 0 bridgehead atoms. The van der Waals surface area contributed by atoms with Crippen molar-refractivity contribution in [2.75, 3.05) is 33.4 Å². The molecule has 190 valence electrons. The molecule has 2 aromatic rings. The molecule has 3 aliphatic heterocycles. The largest absolute Gasteiger partial charge is 0.480 e. The average Bonchev–Trinajstić information content (AvgIpc) is 3.43. The average molecular weight is 496 g/mol. The van der Waals surface area contributed by atoms with Crippen LogP contribution < -0.4 is 10.1 Å². The van der Waals surface area contributed by atoms with Crippen LogP contribution in [0.25, 0.3) is 0 Å². The van der Waals surface area contributed by atoms with E-state index >= 15 is 0 Å². The van der Waals surface area contributed by atoms with E-state index in [1.807, 2.05) is 24.3 Å². The second-order valence-corrected chi connectivity index (χ2v) is 9.67. The lowest BCUT2D eigenvalue weighted by Gasteiger charge is -2.41. The number of para-hydroxylation sites is 1. The maximum atomic E-state index is 13.7. The maximum absolute atomic E-state index is 13.7. The van der Waals surface area contributed by atoms with Gasteiger partial charge in [-0.3, -0.25) is 14.5 Å². The number of rotatable bonds is 7. The molecule has 0 aromatic heterocycles. The van der Waals surface area contributed by atoms with Crippen LogP contribution in [-0.2, 0) is 27.2 Å². The molecule has 8 nitrogen and oxygen atoms in total. The summed E-state index contributed by atoms with van der Waals surface area (Å²) in [6, 6.07) is 13.2. The van der Waals surface area contributed by atoms with E-state index in [4.69, 9.17) is 9.47 Å². The molecule has 4 amide bonds. The molecule has 2 fully saturated rings. The number of nitrogens with zero attached hydrogens (tertiary/aromatic N) is 2. The Balaban J connectivity index is 1.31. The van der Waals surface area contributed by atoms with Gasteiger partial charge in [0.15, 0.2) is 6.10 Å². The van der Waals surface area contributed by atoms with E-state index in [-0.39, 0.29) is 43.1 Å². The lowest BCUT2D eigenvalue weighted by molar-refractivity contribution is -0.140. The van der Waals surface area contributed by atoms with Crippen LogP contribution in [0.4, 0.5) is 9.18 Å². The quantitative estimate of drug-likeness (QED) is 0.597. The number of urea groups is 1. The van der Waals surface area contributed by atoms with Crippen molar-refractivity contribution in [1.29, 1.82) is 0 Å². The molecule has 0 radical (unpaired) electrons. The molecule has 3 heterocycles. The normalized spacial score (nSPS) is 24.0. The second-order valence-electron chi connectivity index (χ2n) is 9.67. The predicted octanol–water partition coefficient (Wildman–Crippen LogP) is 2.55. The Kier molecular flexibility index (Phi) is 6.66. The fraction of sp³-hybridized carbons (Fsp3) is 0.444. The van der Waals surface area contributed by atoms with Gasteiger partial charge >= 0.3 is 6.03 Å². The number of piperidine rings is 1. The first kappa shape index (κ1) is 24.2. The number of carbonyl (C=O) groups excluding carboxylic acids is 3. The fourth-order valence-corrected chi connectivity index (χ4v) is 5.61. The van der Waals surface area contributed by atoms with Crippen molar-refractivity contribution in [3.8, 4) is 5.75 Å². The Labute approximate surface area is 209 Å². The highest BCUT2D eigenvalue weighted by molar-refractivity contribution is 6.07. The third-order valence-electron chi connectivity index (χ3n) is 7.54. The van der Waals surface area contributed by atoms with E-state index in [1.165, 1.54) is 24.1 Å². The topological polar surface area (TPSA) is 88.2 Å². The predicted molar refractivity (Wildman–Crippen MR) is 129 cm³/mol. The number of halogens is 1. The van der Waals surface area contributed by atoms with E-state index in [0.717, 1.165) is 16.9 Å². The first-order valence-electron chi connectivity index (χ1n) is 12.3. The van der Waals surface area contributed by atoms with Gasteiger partial charge in [-0.1, -0.05) is 30.3 Å². The van der Waals surface area contributed by atoms with Crippen LogP contribution in [0.3, 0.4) is 0 Å². The summed E-state index contributed by atoms with van der Waals surface area (Å²) in [5, 5.41) is 2.98. The van der Waals surface area contributed by atoms with Crippen LogP contribution in [0.1, 0.15) is 24.0 Å². The zero-order chi connectivity index (χ0) is 25.3. The van der Waals surface area contributed by atoms with E-state index in [0.29, 0.717) is 32.4 Å². The monoisotopic (exact) mass is 495 g/mol. The zero-order valence-corrected chi connectivity index (χ0v) is 20.2. The summed E-state index contributed by atoms with van der Waals surface area (Å²) in [6.07, 6.45) is 1.37. The number of hydrogen-bond donors (Lipinski definition) is 1. The van der Waals surface area contributed by atoms with Gasteiger partial charge < -0.3 is 19.7 Å². The lowest BCUT2D eigenvalue weighted by Crippen LogP contribution is -2.58. The number of imide groups is 1. The van der Waals surface area contributed by atoms with Crippen LogP contribution in [0, 0.1) is 11.7 Å². The van der Waals surface area contributed by atoms with Crippen molar-refractivity contribution in [2.45, 2.75) is 37.3 Å². The highest BCUT2D eigenvalue weighted by Gasteiger charge is 2.56. The van der Waals surface area contributed by atoms with E-state index in [1.54, 1.807) is 17.0 Å². The fourth-order valence-electron chi connectivity index (χ4n) is 5.61. The van der Waals surface area contributed by atoms with Gasteiger partial charge in [0.25, 0.3) is 11.8 Å². The van der Waals surface area contributed by atoms with Gasteiger partial charge in [0.2, 0.25) is 0 Å². The van der Waals surface area contributed by atoms with Gasteiger partial charge in [-0.05, 0) is 48.1 Å². The number of nitrogens with one attached hydrogen (secondary N) is 1. The van der Waals surface area contributed by atoms with Crippen molar-refractivity contribution in [3.63, 3.8) is 0 Å². The van der Waals surface area contributed by atoms with Gasteiger partial charge in [-0.25, -0.2) is 9.18 Å². The van der Waals surface area contributed by atoms with Crippen molar-refractivity contribution >= 4 is 17.8 Å². The highest BCUT2D eigenvalue weighted by atomic mass is 19.1. The Morgan fingerprint density at radius 2 is 1.86 bits per heavy atom. The smallest absolute Gasteiger partial charge is 0.325 e. The number of methoxy groups -OCH3 is 1. The van der Waals surface area contributed by atoms with Gasteiger partial charge in [0.1, 0.15) is 17.1 Å². The van der Waals surface area contributed by atoms with Crippen LogP contribution in [0.5, 0.6) is 5.75 Å². The summed E-state index contributed by atoms with van der Waals surface area (Å²) in [6.45, 7) is 1.32. The zero-order valence-electron chi connectivity index (χ0n) is 20.2. The molecule has 2 saturated heterocycles. The summed E-state index contributed by atoms with van der Waals surface area (Å²) in [4.78, 5) is 42.7. The number of amides is 4. The maximum Gasteiger partial charge on any atom is 0.325 e. The molecule has 5 rings (SSSR count). The molecule has 9 heteroatoms. The number of likely N-dealkylation sites (tertiary alicyclic amines) is 1. The second kappa shape index (κ2) is 9.89. The summed E-state index contributed by atoms with van der Waals surface area (Å²) in [5.41, 5.74) is 0.631. The molecule has 0 aliphatic carbocycles. The SMILES string of the molecule is COCCN1C(=O)N[C@](Cc2ccc(F)cc2)(C2CCN(C(=O)[C@@H]3Cc4ccccc4O3)CC2)C1=O. The highest BCUT2D eigenvalue weighted by Crippen LogP contribution is 2.37. The minimum absolute atomic E-state index is 0.0549. The Morgan fingerprint density at radius 1 is 1.14 bits per heavy atom. The molecule has 0 unspecified atom stereocenters. The van der Waals surface area contributed by atoms with Crippen LogP contribution >= 0.6 is 0 Å². The first-order chi connectivity index (χ1) is 17.4. The first-order valence-corrected chi connectivity index (χ1v) is 12.3. The van der Waals surface area contributed by atoms with Crippen LogP contribution in [0.15, 0.2) is 48.5 Å². The number of benzene rings is 2. The molecule has 0 saturated carbocycles. The summed E-state index contributed by atoms with van der Waals surface area (Å²) in [7, 11) is 1.52. The van der Waals surface area contributed by atoms with Gasteiger partial charge in [0, 0.05) is 33.0 Å². The molecule has 36 heavy (non-hydrogen) atoms. The molecule has 1 N–H and O–H groups in total. The molecule has 2 aromatic carbocycles. The van der Waals surface area contributed by atoms with Crippen molar-refractivity contribution in [2.24, 2.45) is 5.92 Å². The minimum atomic E-state index is -1.15. The van der Waals surface area contributed by atoms with Gasteiger partial charge in [-0.15, -0.1) is 0 Å². The third-order valence-corrected chi connectivity index (χ3v) is 7.54. The van der Waals surface area contributed by atoms with E-state index < -0.39 is 17.7 Å². The standard InChI is InChI=1S/C27H30FN3O5/c1-35-15-14-31-25(33)27(29-26(31)34,17-18-6-8-21(28)9-7-18)20-10-12-30(13-11-20)24(32)23-16-19-4-2-3-5-22(19)36-23/h2-9,20,23H,10-17H2,1H3,(H,29,34)/t23-,27+/m0/s1. The molecule has 2 atom stereocenters. The Bertz CT molecular complexity index is 1120. The number of fused-ring (bicyclic) bond motifs is 1. The van der Waals surface area contributed by atoms with E-state index in [9.17, 15) is 18.8 Å². The van der Waals surface area contributed by atoms with Gasteiger partial charge in [-0.2, -0.15) is 0 Å². The van der Waals surface area contributed by atoms with Gasteiger partial charge in [0.05, 0.1) is 13.2 Å². The molecule has 3 aliphatic rings. The third kappa shape index (κ3) is 4.43. The molecular weight excluding hydrogens is 465 g/mol. The summed E-state index contributed by atoms with van der Waals surface area (Å²) in [5.74, 6) is -0.148. The van der Waals surface area contributed by atoms with E-state index in [2.05, 4.69) is 5.32 Å².